The second-order valence-corrected chi connectivity index (χ2v) is 7.41. The van der Waals surface area contributed by atoms with E-state index >= 15 is 0 Å². The van der Waals surface area contributed by atoms with Crippen molar-refractivity contribution in [3.05, 3.63) is 57.9 Å². The van der Waals surface area contributed by atoms with E-state index in [1.165, 1.54) is 6.07 Å². The molecule has 0 spiro atoms. The zero-order valence-electron chi connectivity index (χ0n) is 17.3. The molecule has 0 bridgehead atoms. The van der Waals surface area contributed by atoms with Gasteiger partial charge in [-0.05, 0) is 43.3 Å². The fraction of sp³-hybridized carbons (Fsp3) is 0.292. The molecule has 0 radical (unpaired) electrons. The molecule has 0 N–H and O–H groups in total. The van der Waals surface area contributed by atoms with Crippen molar-refractivity contribution in [3.63, 3.8) is 0 Å². The topological polar surface area (TPSA) is 70.4 Å². The van der Waals surface area contributed by atoms with Crippen LogP contribution >= 0.6 is 0 Å². The minimum absolute atomic E-state index is 0.147. The van der Waals surface area contributed by atoms with E-state index in [0.29, 0.717) is 22.8 Å². The molecule has 0 aliphatic carbocycles. The standard InChI is InChI=1S/C24H21NO6/c1-25-10-9-16-12-20-23(30-14-29-20)24(27-2)22(16)18(25)4-3-11-28-17-7-5-15-6-8-21(26)31-19(15)13-17/h5-8,12-13,18H,9-11,14H2,1-2H3/t18-/m1/s1. The smallest absolute Gasteiger partial charge is 0.336 e. The number of hydrogen-bond acceptors (Lipinski definition) is 7. The van der Waals surface area contributed by atoms with Crippen LogP contribution in [0.15, 0.2) is 45.6 Å². The van der Waals surface area contributed by atoms with E-state index in [2.05, 4.69) is 16.7 Å². The summed E-state index contributed by atoms with van der Waals surface area (Å²) in [6, 6.07) is 10.4. The second-order valence-electron chi connectivity index (χ2n) is 7.41. The van der Waals surface area contributed by atoms with Crippen LogP contribution in [0.4, 0.5) is 0 Å². The van der Waals surface area contributed by atoms with Crippen LogP contribution in [0.2, 0.25) is 0 Å². The summed E-state index contributed by atoms with van der Waals surface area (Å²) in [4.78, 5) is 13.6. The highest BCUT2D eigenvalue weighted by atomic mass is 16.7. The van der Waals surface area contributed by atoms with Crippen molar-refractivity contribution in [1.29, 1.82) is 0 Å². The molecule has 3 aromatic rings. The van der Waals surface area contributed by atoms with Crippen molar-refractivity contribution in [3.8, 4) is 34.8 Å². The van der Waals surface area contributed by atoms with Crippen molar-refractivity contribution >= 4 is 11.0 Å². The number of rotatable bonds is 3. The number of ether oxygens (including phenoxy) is 4. The summed E-state index contributed by atoms with van der Waals surface area (Å²) in [5, 5.41) is 0.837. The molecule has 7 nitrogen and oxygen atoms in total. The molecular weight excluding hydrogens is 398 g/mol. The zero-order valence-corrected chi connectivity index (χ0v) is 17.3. The van der Waals surface area contributed by atoms with E-state index in [0.717, 1.165) is 35.2 Å². The largest absolute Gasteiger partial charge is 0.492 e. The Balaban J connectivity index is 1.39. The van der Waals surface area contributed by atoms with Gasteiger partial charge in [-0.3, -0.25) is 4.90 Å². The maximum Gasteiger partial charge on any atom is 0.336 e. The van der Waals surface area contributed by atoms with E-state index in [1.54, 1.807) is 19.2 Å². The molecule has 7 heteroatoms. The molecule has 3 heterocycles. The average Bonchev–Trinajstić information content (AvgIpc) is 3.24. The predicted molar refractivity (Wildman–Crippen MR) is 114 cm³/mol. The molecule has 0 saturated heterocycles. The van der Waals surface area contributed by atoms with Gasteiger partial charge in [0.15, 0.2) is 11.5 Å². The number of likely N-dealkylation sites (N-methyl/N-ethyl adjacent to an activating group) is 1. The lowest BCUT2D eigenvalue weighted by Gasteiger charge is -2.32. The number of methoxy groups -OCH3 is 1. The third-order valence-corrected chi connectivity index (χ3v) is 5.54. The lowest BCUT2D eigenvalue weighted by Crippen LogP contribution is -2.31. The quantitative estimate of drug-likeness (QED) is 0.477. The van der Waals surface area contributed by atoms with Gasteiger partial charge < -0.3 is 23.4 Å². The first-order valence-electron chi connectivity index (χ1n) is 9.99. The van der Waals surface area contributed by atoms with Crippen LogP contribution in [0.25, 0.3) is 11.0 Å². The van der Waals surface area contributed by atoms with Crippen LogP contribution in [0.3, 0.4) is 0 Å². The van der Waals surface area contributed by atoms with Gasteiger partial charge in [-0.2, -0.15) is 0 Å². The Morgan fingerprint density at radius 3 is 2.94 bits per heavy atom. The Hall–Kier alpha value is -3.63. The third kappa shape index (κ3) is 3.56. The van der Waals surface area contributed by atoms with Gasteiger partial charge in [-0.1, -0.05) is 11.8 Å². The normalized spacial score (nSPS) is 17.0. The summed E-state index contributed by atoms with van der Waals surface area (Å²) in [6.45, 7) is 1.27. The predicted octanol–water partition coefficient (Wildman–Crippen LogP) is 3.14. The van der Waals surface area contributed by atoms with Gasteiger partial charge in [0.05, 0.1) is 7.11 Å². The highest BCUT2D eigenvalue weighted by Gasteiger charge is 2.33. The fourth-order valence-corrected chi connectivity index (χ4v) is 4.00. The third-order valence-electron chi connectivity index (χ3n) is 5.54. The van der Waals surface area contributed by atoms with Gasteiger partial charge in [-0.15, -0.1) is 0 Å². The summed E-state index contributed by atoms with van der Waals surface area (Å²) in [6.07, 6.45) is 0.885. The maximum atomic E-state index is 11.4. The van der Waals surface area contributed by atoms with Gasteiger partial charge in [0.2, 0.25) is 12.5 Å². The van der Waals surface area contributed by atoms with Crippen molar-refractivity contribution in [2.24, 2.45) is 0 Å². The SMILES string of the molecule is COc1c2c(cc3c1[C@@H](C#CCOc1ccc4ccc(=O)oc4c1)N(C)CC3)OCO2. The molecule has 0 amide bonds. The van der Waals surface area contributed by atoms with Crippen molar-refractivity contribution in [2.75, 3.05) is 34.1 Å². The Morgan fingerprint density at radius 1 is 1.19 bits per heavy atom. The second kappa shape index (κ2) is 7.89. The summed E-state index contributed by atoms with van der Waals surface area (Å²) < 4.78 is 27.8. The first kappa shape index (κ1) is 19.3. The molecule has 1 atom stereocenters. The molecule has 31 heavy (non-hydrogen) atoms. The molecule has 0 saturated carbocycles. The van der Waals surface area contributed by atoms with Crippen LogP contribution in [-0.2, 0) is 6.42 Å². The van der Waals surface area contributed by atoms with Crippen molar-refractivity contribution in [2.45, 2.75) is 12.5 Å². The molecule has 1 aromatic heterocycles. The minimum atomic E-state index is -0.391. The highest BCUT2D eigenvalue weighted by molar-refractivity contribution is 5.77. The molecule has 158 valence electrons. The van der Waals surface area contributed by atoms with Crippen LogP contribution in [-0.4, -0.2) is 39.0 Å². The Bertz CT molecular complexity index is 1270. The van der Waals surface area contributed by atoms with Crippen molar-refractivity contribution < 1.29 is 23.4 Å². The molecule has 0 unspecified atom stereocenters. The van der Waals surface area contributed by atoms with E-state index in [4.69, 9.17) is 23.4 Å². The lowest BCUT2D eigenvalue weighted by molar-refractivity contribution is 0.171. The summed E-state index contributed by atoms with van der Waals surface area (Å²) in [5.41, 5.74) is 2.27. The van der Waals surface area contributed by atoms with Gasteiger partial charge in [-0.25, -0.2) is 4.79 Å². The van der Waals surface area contributed by atoms with Gasteiger partial charge in [0.25, 0.3) is 0 Å². The molecule has 0 fully saturated rings. The highest BCUT2D eigenvalue weighted by Crippen LogP contribution is 2.49. The van der Waals surface area contributed by atoms with E-state index in [1.807, 2.05) is 25.2 Å². The monoisotopic (exact) mass is 419 g/mol. The number of hydrogen-bond donors (Lipinski definition) is 0. The van der Waals surface area contributed by atoms with Gasteiger partial charge in [0, 0.05) is 29.6 Å². The first-order valence-corrected chi connectivity index (χ1v) is 9.99. The first-order chi connectivity index (χ1) is 15.1. The number of nitrogens with zero attached hydrogens (tertiary/aromatic N) is 1. The maximum absolute atomic E-state index is 11.4. The van der Waals surface area contributed by atoms with Crippen LogP contribution in [0, 0.1) is 11.8 Å². The average molecular weight is 419 g/mol. The molecule has 2 aliphatic rings. The molecule has 2 aliphatic heterocycles. The van der Waals surface area contributed by atoms with E-state index in [-0.39, 0.29) is 19.4 Å². The van der Waals surface area contributed by atoms with Gasteiger partial charge >= 0.3 is 5.63 Å². The Kier molecular flexibility index (Phi) is 4.92. The zero-order chi connectivity index (χ0) is 21.4. The number of fused-ring (bicyclic) bond motifs is 3. The Morgan fingerprint density at radius 2 is 2.06 bits per heavy atom. The van der Waals surface area contributed by atoms with Crippen LogP contribution < -0.4 is 24.6 Å². The Labute approximate surface area is 179 Å². The lowest BCUT2D eigenvalue weighted by atomic mass is 9.91. The molecule has 2 aromatic carbocycles. The molecular formula is C24H21NO6. The van der Waals surface area contributed by atoms with Crippen LogP contribution in [0.1, 0.15) is 17.2 Å². The summed E-state index contributed by atoms with van der Waals surface area (Å²) in [5.74, 6) is 9.06. The van der Waals surface area contributed by atoms with Gasteiger partial charge in [0.1, 0.15) is 24.0 Å². The minimum Gasteiger partial charge on any atom is -0.492 e. The van der Waals surface area contributed by atoms with E-state index in [9.17, 15) is 4.79 Å². The van der Waals surface area contributed by atoms with E-state index < -0.39 is 5.63 Å². The van der Waals surface area contributed by atoms with Crippen molar-refractivity contribution in [1.82, 2.24) is 4.90 Å². The summed E-state index contributed by atoms with van der Waals surface area (Å²) >= 11 is 0. The summed E-state index contributed by atoms with van der Waals surface area (Å²) in [7, 11) is 3.68. The molecule has 5 rings (SSSR count). The van der Waals surface area contributed by atoms with Crippen LogP contribution in [0.5, 0.6) is 23.0 Å². The number of benzene rings is 2. The fourth-order valence-electron chi connectivity index (χ4n) is 4.00.